The number of nitrogens with one attached hydrogen (secondary N) is 2. The summed E-state index contributed by atoms with van der Waals surface area (Å²) in [6.07, 6.45) is 1.49. The lowest BCUT2D eigenvalue weighted by molar-refractivity contribution is 0.262. The Morgan fingerprint density at radius 2 is 1.74 bits per heavy atom. The molecule has 1 heterocycles. The van der Waals surface area contributed by atoms with Crippen LogP contribution in [0.1, 0.15) is 0 Å². The predicted octanol–water partition coefficient (Wildman–Crippen LogP) is 5.35. The van der Waals surface area contributed by atoms with Crippen molar-refractivity contribution in [2.75, 3.05) is 17.7 Å². The summed E-state index contributed by atoms with van der Waals surface area (Å²) in [5.74, 6) is -0.527. The van der Waals surface area contributed by atoms with Crippen molar-refractivity contribution in [3.63, 3.8) is 0 Å². The van der Waals surface area contributed by atoms with Gasteiger partial charge in [0, 0.05) is 23.5 Å². The maximum Gasteiger partial charge on any atom is 0.323 e. The molecule has 9 heteroatoms. The van der Waals surface area contributed by atoms with Crippen molar-refractivity contribution in [2.45, 2.75) is 0 Å². The number of anilines is 2. The van der Waals surface area contributed by atoms with Gasteiger partial charge in [0.25, 0.3) is 0 Å². The van der Waals surface area contributed by atoms with Crippen molar-refractivity contribution < 1.29 is 23.0 Å². The predicted molar refractivity (Wildman–Crippen MR) is 112 cm³/mol. The molecule has 4 rings (SSSR count). The van der Waals surface area contributed by atoms with Gasteiger partial charge in [0.2, 0.25) is 5.88 Å². The topological polar surface area (TPSA) is 85.4 Å². The highest BCUT2D eigenvalue weighted by Gasteiger charge is 2.10. The fraction of sp³-hybridized carbons (Fsp3) is 0.0455. The van der Waals surface area contributed by atoms with Gasteiger partial charge in [0.1, 0.15) is 11.6 Å². The molecule has 0 fully saturated rings. The minimum absolute atomic E-state index is 0.0984. The molecular formula is C22H16F2N4O3. The molecule has 4 aromatic rings. The number of benzene rings is 3. The van der Waals surface area contributed by atoms with E-state index in [4.69, 9.17) is 9.47 Å². The highest BCUT2D eigenvalue weighted by molar-refractivity contribution is 5.99. The molecule has 156 valence electrons. The fourth-order valence-electron chi connectivity index (χ4n) is 2.78. The first kappa shape index (κ1) is 20.0. The van der Waals surface area contributed by atoms with Crippen LogP contribution in [0.5, 0.6) is 17.4 Å². The first-order valence-corrected chi connectivity index (χ1v) is 9.12. The summed E-state index contributed by atoms with van der Waals surface area (Å²) in [7, 11) is 1.48. The average Bonchev–Trinajstić information content (AvgIpc) is 2.75. The van der Waals surface area contributed by atoms with Crippen molar-refractivity contribution in [3.8, 4) is 17.4 Å². The summed E-state index contributed by atoms with van der Waals surface area (Å²) in [4.78, 5) is 20.6. The minimum Gasteiger partial charge on any atom is -0.480 e. The van der Waals surface area contributed by atoms with Gasteiger partial charge in [-0.15, -0.1) is 0 Å². The molecule has 7 nitrogen and oxygen atoms in total. The van der Waals surface area contributed by atoms with Gasteiger partial charge in [-0.1, -0.05) is 6.07 Å². The molecule has 0 aliphatic rings. The third-order valence-electron chi connectivity index (χ3n) is 4.20. The van der Waals surface area contributed by atoms with Gasteiger partial charge in [-0.2, -0.15) is 0 Å². The number of hydrogen-bond acceptors (Lipinski definition) is 5. The number of aromatic nitrogens is 2. The van der Waals surface area contributed by atoms with Crippen LogP contribution in [0, 0.1) is 11.6 Å². The van der Waals surface area contributed by atoms with Crippen molar-refractivity contribution in [3.05, 3.63) is 78.5 Å². The Morgan fingerprint density at radius 1 is 0.935 bits per heavy atom. The first-order valence-electron chi connectivity index (χ1n) is 9.12. The second kappa shape index (κ2) is 8.62. The first-order chi connectivity index (χ1) is 15.0. The molecule has 0 saturated heterocycles. The van der Waals surface area contributed by atoms with Gasteiger partial charge in [-0.25, -0.2) is 23.5 Å². The normalized spacial score (nSPS) is 10.5. The van der Waals surface area contributed by atoms with E-state index in [1.165, 1.54) is 43.6 Å². The molecule has 2 amide bonds. The van der Waals surface area contributed by atoms with E-state index in [2.05, 4.69) is 20.6 Å². The van der Waals surface area contributed by atoms with E-state index >= 15 is 0 Å². The van der Waals surface area contributed by atoms with Crippen molar-refractivity contribution in [2.24, 2.45) is 0 Å². The number of carbonyl (C=O) groups is 1. The van der Waals surface area contributed by atoms with Crippen LogP contribution in [0.15, 0.2) is 66.9 Å². The molecule has 0 bridgehead atoms. The maximum atomic E-state index is 14.3. The molecule has 0 aliphatic heterocycles. The van der Waals surface area contributed by atoms with E-state index in [0.29, 0.717) is 22.7 Å². The number of amides is 2. The Bertz CT molecular complexity index is 1270. The van der Waals surface area contributed by atoms with Crippen LogP contribution in [0.3, 0.4) is 0 Å². The minimum atomic E-state index is -0.618. The van der Waals surface area contributed by atoms with Crippen LogP contribution < -0.4 is 20.1 Å². The van der Waals surface area contributed by atoms with Crippen LogP contribution in [-0.4, -0.2) is 23.1 Å². The molecule has 0 saturated carbocycles. The second-order valence-corrected chi connectivity index (χ2v) is 6.40. The number of halogens is 2. The van der Waals surface area contributed by atoms with Crippen LogP contribution in [0.25, 0.3) is 11.0 Å². The molecule has 0 spiro atoms. The third kappa shape index (κ3) is 4.84. The van der Waals surface area contributed by atoms with E-state index in [-0.39, 0.29) is 17.1 Å². The van der Waals surface area contributed by atoms with E-state index in [1.54, 1.807) is 24.3 Å². The molecule has 0 aliphatic carbocycles. The van der Waals surface area contributed by atoms with Crippen LogP contribution in [-0.2, 0) is 0 Å². The summed E-state index contributed by atoms with van der Waals surface area (Å²) < 4.78 is 38.2. The van der Waals surface area contributed by atoms with Crippen molar-refractivity contribution >= 4 is 28.4 Å². The monoisotopic (exact) mass is 422 g/mol. The van der Waals surface area contributed by atoms with Crippen molar-refractivity contribution in [1.82, 2.24) is 9.97 Å². The third-order valence-corrected chi connectivity index (χ3v) is 4.20. The Kier molecular flexibility index (Phi) is 5.57. The number of ether oxygens (including phenoxy) is 2. The molecule has 0 radical (unpaired) electrons. The van der Waals surface area contributed by atoms with E-state index in [0.717, 1.165) is 6.07 Å². The number of methoxy groups -OCH3 is 1. The Labute approximate surface area is 175 Å². The van der Waals surface area contributed by atoms with Crippen LogP contribution in [0.4, 0.5) is 25.0 Å². The highest BCUT2D eigenvalue weighted by atomic mass is 19.1. The number of rotatable bonds is 5. The highest BCUT2D eigenvalue weighted by Crippen LogP contribution is 2.29. The van der Waals surface area contributed by atoms with Gasteiger partial charge >= 0.3 is 6.03 Å². The van der Waals surface area contributed by atoms with E-state index < -0.39 is 17.7 Å². The lowest BCUT2D eigenvalue weighted by atomic mass is 10.2. The Hall–Kier alpha value is -4.27. The van der Waals surface area contributed by atoms with E-state index in [9.17, 15) is 13.6 Å². The molecule has 3 aromatic carbocycles. The molecule has 1 aromatic heterocycles. The molecule has 2 N–H and O–H groups in total. The van der Waals surface area contributed by atoms with Gasteiger partial charge in [-0.3, -0.25) is 0 Å². The van der Waals surface area contributed by atoms with Crippen LogP contribution in [0.2, 0.25) is 0 Å². The van der Waals surface area contributed by atoms with Gasteiger partial charge < -0.3 is 20.1 Å². The second-order valence-electron chi connectivity index (χ2n) is 6.40. The van der Waals surface area contributed by atoms with E-state index in [1.807, 2.05) is 0 Å². The average molecular weight is 422 g/mol. The number of carbonyl (C=O) groups excluding carboxylic acids is 1. The number of fused-ring (bicyclic) bond motifs is 1. The van der Waals surface area contributed by atoms with Crippen LogP contribution >= 0.6 is 0 Å². The van der Waals surface area contributed by atoms with Crippen molar-refractivity contribution in [1.29, 1.82) is 0 Å². The van der Waals surface area contributed by atoms with Gasteiger partial charge in [0.15, 0.2) is 11.6 Å². The number of urea groups is 1. The summed E-state index contributed by atoms with van der Waals surface area (Å²) in [5, 5.41) is 5.04. The zero-order chi connectivity index (χ0) is 21.8. The Balaban J connectivity index is 1.51. The zero-order valence-electron chi connectivity index (χ0n) is 16.2. The lowest BCUT2D eigenvalue weighted by Crippen LogP contribution is -2.19. The van der Waals surface area contributed by atoms with Gasteiger partial charge in [-0.05, 0) is 42.5 Å². The smallest absolute Gasteiger partial charge is 0.323 e. The molecule has 0 unspecified atom stereocenters. The SMILES string of the molecule is COc1cnc2ccc(Oc3cc(NC(=O)Nc4cccc(F)c4)ccc3F)cc2n1. The summed E-state index contributed by atoms with van der Waals surface area (Å²) in [6.45, 7) is 0. The Morgan fingerprint density at radius 3 is 2.52 bits per heavy atom. The summed E-state index contributed by atoms with van der Waals surface area (Å²) >= 11 is 0. The van der Waals surface area contributed by atoms with Gasteiger partial charge in [0.05, 0.1) is 24.3 Å². The molecule has 0 atom stereocenters. The molecule has 31 heavy (non-hydrogen) atoms. The standard InChI is InChI=1S/C22H16F2N4O3/c1-30-21-12-25-18-8-6-16(11-19(18)28-21)31-20-10-15(5-7-17(20)24)27-22(29)26-14-4-2-3-13(23)9-14/h2-12H,1H3,(H2,26,27,29). The lowest BCUT2D eigenvalue weighted by Gasteiger charge is -2.11. The largest absolute Gasteiger partial charge is 0.480 e. The quantitative estimate of drug-likeness (QED) is 0.453. The summed E-state index contributed by atoms with van der Waals surface area (Å²) in [6, 6.07) is 13.6. The number of nitrogens with zero attached hydrogens (tertiary/aromatic N) is 2. The fourth-order valence-corrected chi connectivity index (χ4v) is 2.78. The maximum absolute atomic E-state index is 14.3. The molecular weight excluding hydrogens is 406 g/mol. The summed E-state index contributed by atoms with van der Waals surface area (Å²) in [5.41, 5.74) is 1.70. The zero-order valence-corrected chi connectivity index (χ0v) is 16.2. The number of hydrogen-bond donors (Lipinski definition) is 2.